The molecule has 3 nitrogen and oxygen atoms in total. The molecule has 0 saturated heterocycles. The minimum Gasteiger partial charge on any atom is -0.477 e. The molecule has 96 valence electrons. The van der Waals surface area contributed by atoms with Gasteiger partial charge in [-0.1, -0.05) is 29.8 Å². The van der Waals surface area contributed by atoms with E-state index < -0.39 is 5.97 Å². The van der Waals surface area contributed by atoms with Crippen molar-refractivity contribution >= 4 is 17.6 Å². The predicted molar refractivity (Wildman–Crippen MR) is 73.6 cm³/mol. The van der Waals surface area contributed by atoms with Crippen LogP contribution in [0.3, 0.4) is 0 Å². The summed E-state index contributed by atoms with van der Waals surface area (Å²) in [5, 5.41) is 9.89. The molecule has 0 unspecified atom stereocenters. The van der Waals surface area contributed by atoms with Crippen molar-refractivity contribution < 1.29 is 9.90 Å². The van der Waals surface area contributed by atoms with Crippen molar-refractivity contribution in [2.45, 2.75) is 18.8 Å². The van der Waals surface area contributed by atoms with Gasteiger partial charge in [-0.3, -0.25) is 0 Å². The maximum Gasteiger partial charge on any atom is 0.354 e. The molecule has 1 heterocycles. The second-order valence-corrected chi connectivity index (χ2v) is 5.16. The Kier molecular flexibility index (Phi) is 2.99. The molecular formula is C15H12ClNO2. The number of benzene rings is 1. The average Bonchev–Trinajstić information content (AvgIpc) is 3.22. The van der Waals surface area contributed by atoms with E-state index in [9.17, 15) is 9.90 Å². The minimum absolute atomic E-state index is 0.167. The fourth-order valence-corrected chi connectivity index (χ4v) is 2.36. The highest BCUT2D eigenvalue weighted by molar-refractivity contribution is 6.30. The molecule has 2 aromatic rings. The van der Waals surface area contributed by atoms with E-state index in [2.05, 4.69) is 4.98 Å². The molecule has 1 fully saturated rings. The number of pyridine rings is 1. The summed E-state index contributed by atoms with van der Waals surface area (Å²) in [4.78, 5) is 15.6. The Morgan fingerprint density at radius 3 is 2.68 bits per heavy atom. The van der Waals surface area contributed by atoms with Crippen LogP contribution in [0.2, 0.25) is 5.02 Å². The Morgan fingerprint density at radius 1 is 1.26 bits per heavy atom. The highest BCUT2D eigenvalue weighted by Gasteiger charge is 2.29. The van der Waals surface area contributed by atoms with Crippen molar-refractivity contribution in [1.29, 1.82) is 0 Å². The van der Waals surface area contributed by atoms with Gasteiger partial charge >= 0.3 is 5.97 Å². The molecular weight excluding hydrogens is 262 g/mol. The van der Waals surface area contributed by atoms with E-state index in [0.29, 0.717) is 16.6 Å². The first-order valence-electron chi connectivity index (χ1n) is 6.15. The minimum atomic E-state index is -0.967. The van der Waals surface area contributed by atoms with Crippen molar-refractivity contribution in [3.05, 3.63) is 52.7 Å². The number of carboxylic acids is 1. The molecule has 19 heavy (non-hydrogen) atoms. The molecule has 3 rings (SSSR count). The third-order valence-corrected chi connectivity index (χ3v) is 3.50. The van der Waals surface area contributed by atoms with Gasteiger partial charge in [0.05, 0.1) is 5.69 Å². The number of hydrogen-bond acceptors (Lipinski definition) is 2. The molecule has 4 heteroatoms. The van der Waals surface area contributed by atoms with Crippen LogP contribution in [0.15, 0.2) is 36.4 Å². The first kappa shape index (κ1) is 12.2. The van der Waals surface area contributed by atoms with Crippen LogP contribution in [-0.4, -0.2) is 16.1 Å². The lowest BCUT2D eigenvalue weighted by molar-refractivity contribution is 0.0689. The Morgan fingerprint density at radius 2 is 2.05 bits per heavy atom. The molecule has 0 amide bonds. The van der Waals surface area contributed by atoms with Crippen molar-refractivity contribution in [2.75, 3.05) is 0 Å². The zero-order valence-corrected chi connectivity index (χ0v) is 10.9. The summed E-state index contributed by atoms with van der Waals surface area (Å²) in [5.41, 5.74) is 2.49. The van der Waals surface area contributed by atoms with E-state index in [-0.39, 0.29) is 5.69 Å². The van der Waals surface area contributed by atoms with Crippen molar-refractivity contribution in [1.82, 2.24) is 4.98 Å². The smallest absolute Gasteiger partial charge is 0.354 e. The molecule has 1 aliphatic carbocycles. The summed E-state index contributed by atoms with van der Waals surface area (Å²) in [7, 11) is 0. The number of carboxylic acid groups (broad SMARTS) is 1. The third kappa shape index (κ3) is 2.47. The third-order valence-electron chi connectivity index (χ3n) is 3.27. The quantitative estimate of drug-likeness (QED) is 0.920. The van der Waals surface area contributed by atoms with Crippen LogP contribution in [0.1, 0.15) is 34.8 Å². The molecule has 1 N–H and O–H groups in total. The molecule has 0 bridgehead atoms. The normalized spacial score (nSPS) is 14.4. The average molecular weight is 274 g/mol. The van der Waals surface area contributed by atoms with Gasteiger partial charge in [0.2, 0.25) is 0 Å². The van der Waals surface area contributed by atoms with Crippen molar-refractivity contribution in [2.24, 2.45) is 0 Å². The first-order chi connectivity index (χ1) is 9.15. The molecule has 0 atom stereocenters. The van der Waals surface area contributed by atoms with Gasteiger partial charge in [-0.15, -0.1) is 0 Å². The maximum absolute atomic E-state index is 11.3. The van der Waals surface area contributed by atoms with Crippen LogP contribution < -0.4 is 0 Å². The van der Waals surface area contributed by atoms with Crippen LogP contribution in [0.5, 0.6) is 0 Å². The van der Waals surface area contributed by atoms with Crippen LogP contribution >= 0.6 is 11.6 Å². The van der Waals surface area contributed by atoms with Crippen molar-refractivity contribution in [3.63, 3.8) is 0 Å². The van der Waals surface area contributed by atoms with Crippen LogP contribution in [0, 0.1) is 0 Å². The highest BCUT2D eigenvalue weighted by atomic mass is 35.5. The number of aromatic nitrogens is 1. The fraction of sp³-hybridized carbons (Fsp3) is 0.200. The number of nitrogens with zero attached hydrogens (tertiary/aromatic N) is 1. The second-order valence-electron chi connectivity index (χ2n) is 4.72. The van der Waals surface area contributed by atoms with Gasteiger partial charge in [-0.2, -0.15) is 0 Å². The molecule has 0 radical (unpaired) electrons. The van der Waals surface area contributed by atoms with Gasteiger partial charge in [-0.05, 0) is 42.5 Å². The maximum atomic E-state index is 11.3. The molecule has 1 aromatic heterocycles. The second kappa shape index (κ2) is 4.67. The van der Waals surface area contributed by atoms with Gasteiger partial charge in [-0.25, -0.2) is 9.78 Å². The lowest BCUT2D eigenvalue weighted by Crippen LogP contribution is -2.06. The Hall–Kier alpha value is -1.87. The predicted octanol–water partition coefficient (Wildman–Crippen LogP) is 3.98. The topological polar surface area (TPSA) is 50.2 Å². The number of hydrogen-bond donors (Lipinski definition) is 1. The fourth-order valence-electron chi connectivity index (χ4n) is 2.17. The number of rotatable bonds is 3. The van der Waals surface area contributed by atoms with E-state index in [1.165, 1.54) is 0 Å². The standard InChI is InChI=1S/C15H12ClNO2/c16-11-3-1-2-10(8-11)13-7-6-12(9-4-5-9)14(17-13)15(18)19/h1-3,6-9H,4-5H2,(H,18,19). The summed E-state index contributed by atoms with van der Waals surface area (Å²) >= 11 is 5.94. The highest BCUT2D eigenvalue weighted by Crippen LogP contribution is 2.41. The summed E-state index contributed by atoms with van der Waals surface area (Å²) < 4.78 is 0. The first-order valence-corrected chi connectivity index (χ1v) is 6.53. The number of aromatic carboxylic acids is 1. The number of carbonyl (C=O) groups is 1. The molecule has 1 aromatic carbocycles. The van der Waals surface area contributed by atoms with Crippen molar-refractivity contribution in [3.8, 4) is 11.3 Å². The largest absolute Gasteiger partial charge is 0.477 e. The van der Waals surface area contributed by atoms with E-state index in [1.807, 2.05) is 24.3 Å². The number of halogens is 1. The molecule has 0 aliphatic heterocycles. The summed E-state index contributed by atoms with van der Waals surface area (Å²) in [6, 6.07) is 11.0. The van der Waals surface area contributed by atoms with E-state index >= 15 is 0 Å². The zero-order valence-electron chi connectivity index (χ0n) is 10.1. The molecule has 0 spiro atoms. The Labute approximate surface area is 115 Å². The zero-order chi connectivity index (χ0) is 13.4. The lowest BCUT2D eigenvalue weighted by atomic mass is 10.1. The summed E-state index contributed by atoms with van der Waals surface area (Å²) in [5.74, 6) is -0.599. The summed E-state index contributed by atoms with van der Waals surface area (Å²) in [6.07, 6.45) is 2.11. The van der Waals surface area contributed by atoms with E-state index in [1.54, 1.807) is 12.1 Å². The van der Waals surface area contributed by atoms with Gasteiger partial charge in [0.1, 0.15) is 0 Å². The van der Waals surface area contributed by atoms with Gasteiger partial charge in [0, 0.05) is 10.6 Å². The van der Waals surface area contributed by atoms with Crippen LogP contribution in [0.4, 0.5) is 0 Å². The Balaban J connectivity index is 2.08. The molecule has 1 aliphatic rings. The SMILES string of the molecule is O=C(O)c1nc(-c2cccc(Cl)c2)ccc1C1CC1. The van der Waals surface area contributed by atoms with E-state index in [4.69, 9.17) is 11.6 Å². The van der Waals surface area contributed by atoms with Gasteiger partial charge in [0.15, 0.2) is 5.69 Å². The molecule has 1 saturated carbocycles. The van der Waals surface area contributed by atoms with Crippen LogP contribution in [-0.2, 0) is 0 Å². The Bertz CT molecular complexity index is 650. The van der Waals surface area contributed by atoms with Gasteiger partial charge in [0.25, 0.3) is 0 Å². The van der Waals surface area contributed by atoms with E-state index in [0.717, 1.165) is 24.0 Å². The lowest BCUT2D eigenvalue weighted by Gasteiger charge is -2.07. The van der Waals surface area contributed by atoms with Gasteiger partial charge < -0.3 is 5.11 Å². The monoisotopic (exact) mass is 273 g/mol. The van der Waals surface area contributed by atoms with Crippen LogP contribution in [0.25, 0.3) is 11.3 Å². The summed E-state index contributed by atoms with van der Waals surface area (Å²) in [6.45, 7) is 0.